The van der Waals surface area contributed by atoms with Gasteiger partial charge in [0.1, 0.15) is 6.61 Å². The maximum absolute atomic E-state index is 12.9. The molecule has 1 aromatic heterocycles. The number of nitrogens with zero attached hydrogens (tertiary/aromatic N) is 1. The van der Waals surface area contributed by atoms with Crippen LogP contribution in [0.25, 0.3) is 22.2 Å². The van der Waals surface area contributed by atoms with Gasteiger partial charge in [0, 0.05) is 19.5 Å². The van der Waals surface area contributed by atoms with Crippen LogP contribution in [0.1, 0.15) is 15.9 Å². The summed E-state index contributed by atoms with van der Waals surface area (Å²) in [5.41, 5.74) is 3.79. The molecule has 0 aliphatic heterocycles. The molecule has 0 spiro atoms. The number of hydrogen-bond acceptors (Lipinski definition) is 3. The van der Waals surface area contributed by atoms with Crippen LogP contribution < -0.4 is 0 Å². The second-order valence-electron chi connectivity index (χ2n) is 6.28. The summed E-state index contributed by atoms with van der Waals surface area (Å²) < 4.78 is 6.72. The van der Waals surface area contributed by atoms with Crippen molar-refractivity contribution in [3.8, 4) is 11.3 Å². The lowest BCUT2D eigenvalue weighted by Gasteiger charge is -2.10. The maximum atomic E-state index is 12.9. The molecule has 138 valence electrons. The summed E-state index contributed by atoms with van der Waals surface area (Å²) in [6.07, 6.45) is 0. The Morgan fingerprint density at radius 1 is 0.964 bits per heavy atom. The van der Waals surface area contributed by atoms with E-state index in [0.717, 1.165) is 25.6 Å². The van der Waals surface area contributed by atoms with E-state index in [0.29, 0.717) is 16.3 Å². The molecule has 3 aromatic carbocycles. The Kier molecular flexibility index (Phi) is 5.59. The smallest absolute Gasteiger partial charge is 0.339 e. The minimum atomic E-state index is -0.368. The summed E-state index contributed by atoms with van der Waals surface area (Å²) in [7, 11) is 0. The molecule has 28 heavy (non-hydrogen) atoms. The summed E-state index contributed by atoms with van der Waals surface area (Å²) in [6.45, 7) is 0.225. The molecule has 0 fully saturated rings. The van der Waals surface area contributed by atoms with Crippen molar-refractivity contribution in [2.24, 2.45) is 0 Å². The zero-order valence-corrected chi connectivity index (χ0v) is 17.6. The lowest BCUT2D eigenvalue weighted by molar-refractivity contribution is 0.0475. The monoisotopic (exact) mass is 499 g/mol. The maximum Gasteiger partial charge on any atom is 0.339 e. The number of aromatic nitrogens is 1. The lowest BCUT2D eigenvalue weighted by Crippen LogP contribution is -2.07. The van der Waals surface area contributed by atoms with Gasteiger partial charge in [0.15, 0.2) is 0 Å². The van der Waals surface area contributed by atoms with E-state index in [2.05, 4.69) is 22.6 Å². The van der Waals surface area contributed by atoms with Gasteiger partial charge < -0.3 is 4.74 Å². The van der Waals surface area contributed by atoms with E-state index in [4.69, 9.17) is 21.3 Å². The van der Waals surface area contributed by atoms with Crippen molar-refractivity contribution in [3.63, 3.8) is 0 Å². The fourth-order valence-electron chi connectivity index (χ4n) is 2.92. The number of ether oxygens (including phenoxy) is 1. The molecule has 1 heterocycles. The highest BCUT2D eigenvalue weighted by molar-refractivity contribution is 14.1. The highest BCUT2D eigenvalue weighted by atomic mass is 127. The molecule has 0 atom stereocenters. The van der Waals surface area contributed by atoms with Crippen LogP contribution in [0.4, 0.5) is 0 Å². The Bertz CT molecular complexity index is 1140. The summed E-state index contributed by atoms with van der Waals surface area (Å²) >= 11 is 8.24. The molecule has 0 unspecified atom stereocenters. The quantitative estimate of drug-likeness (QED) is 0.237. The van der Waals surface area contributed by atoms with Crippen LogP contribution in [0.3, 0.4) is 0 Å². The second kappa shape index (κ2) is 8.29. The average Bonchev–Trinajstić information content (AvgIpc) is 2.73. The molecule has 4 aromatic rings. The van der Waals surface area contributed by atoms with Gasteiger partial charge in [-0.2, -0.15) is 0 Å². The third-order valence-electron chi connectivity index (χ3n) is 4.36. The van der Waals surface area contributed by atoms with Crippen LogP contribution in [-0.4, -0.2) is 11.0 Å². The van der Waals surface area contributed by atoms with Crippen molar-refractivity contribution in [1.82, 2.24) is 4.98 Å². The van der Waals surface area contributed by atoms with Crippen LogP contribution >= 0.6 is 34.2 Å². The van der Waals surface area contributed by atoms with E-state index < -0.39 is 0 Å². The molecule has 4 rings (SSSR count). The summed E-state index contributed by atoms with van der Waals surface area (Å²) in [5, 5.41) is 1.43. The number of carbonyl (C=O) groups is 1. The molecule has 0 radical (unpaired) electrons. The Hall–Kier alpha value is -2.44. The summed E-state index contributed by atoms with van der Waals surface area (Å²) in [5.74, 6) is -0.368. The molecule has 0 aliphatic rings. The number of hydrogen-bond donors (Lipinski definition) is 0. The van der Waals surface area contributed by atoms with Gasteiger partial charge in [-0.15, -0.1) is 0 Å². The molecule has 0 saturated carbocycles. The third kappa shape index (κ3) is 4.18. The molecule has 0 amide bonds. The van der Waals surface area contributed by atoms with E-state index in [1.165, 1.54) is 0 Å². The number of benzene rings is 3. The van der Waals surface area contributed by atoms with E-state index in [9.17, 15) is 4.79 Å². The van der Waals surface area contributed by atoms with Crippen molar-refractivity contribution in [2.45, 2.75) is 6.61 Å². The van der Waals surface area contributed by atoms with Crippen LogP contribution in [0.2, 0.25) is 5.02 Å². The number of halogens is 2. The van der Waals surface area contributed by atoms with Gasteiger partial charge in [-0.05, 0) is 64.6 Å². The SMILES string of the molecule is O=C(OCc1ccc(I)cc1)c1cc(-c2ccc(Cl)cc2)nc2ccccc12. The van der Waals surface area contributed by atoms with E-state index in [1.807, 2.05) is 72.8 Å². The van der Waals surface area contributed by atoms with Gasteiger partial charge in [-0.3, -0.25) is 0 Å². The number of para-hydroxylation sites is 1. The standard InChI is InChI=1S/C23H15ClINO2/c24-17-9-7-16(8-10-17)22-13-20(19-3-1-2-4-21(19)26-22)23(27)28-14-15-5-11-18(25)12-6-15/h1-13H,14H2. The number of rotatable bonds is 4. The highest BCUT2D eigenvalue weighted by Crippen LogP contribution is 2.26. The molecule has 0 bridgehead atoms. The Morgan fingerprint density at radius 2 is 1.68 bits per heavy atom. The number of carbonyl (C=O) groups excluding carboxylic acids is 1. The van der Waals surface area contributed by atoms with Crippen LogP contribution in [-0.2, 0) is 11.3 Å². The minimum Gasteiger partial charge on any atom is -0.457 e. The molecule has 0 saturated heterocycles. The minimum absolute atomic E-state index is 0.225. The summed E-state index contributed by atoms with van der Waals surface area (Å²) in [6, 6.07) is 24.6. The number of esters is 1. The first-order valence-corrected chi connectivity index (χ1v) is 10.1. The van der Waals surface area contributed by atoms with Gasteiger partial charge in [0.2, 0.25) is 0 Å². The lowest BCUT2D eigenvalue weighted by atomic mass is 10.0. The van der Waals surface area contributed by atoms with Crippen molar-refractivity contribution in [3.05, 3.63) is 98.6 Å². The van der Waals surface area contributed by atoms with Gasteiger partial charge in [0.05, 0.1) is 16.8 Å². The molecular formula is C23H15ClINO2. The fourth-order valence-corrected chi connectivity index (χ4v) is 3.41. The largest absolute Gasteiger partial charge is 0.457 e. The van der Waals surface area contributed by atoms with Crippen molar-refractivity contribution in [2.75, 3.05) is 0 Å². The Morgan fingerprint density at radius 3 is 2.43 bits per heavy atom. The van der Waals surface area contributed by atoms with E-state index >= 15 is 0 Å². The predicted octanol–water partition coefficient (Wildman–Crippen LogP) is 6.52. The highest BCUT2D eigenvalue weighted by Gasteiger charge is 2.15. The third-order valence-corrected chi connectivity index (χ3v) is 5.33. The predicted molar refractivity (Wildman–Crippen MR) is 120 cm³/mol. The molecule has 0 aliphatic carbocycles. The van der Waals surface area contributed by atoms with Gasteiger partial charge in [-0.25, -0.2) is 9.78 Å². The first-order chi connectivity index (χ1) is 13.6. The van der Waals surface area contributed by atoms with E-state index in [-0.39, 0.29) is 12.6 Å². The first-order valence-electron chi connectivity index (χ1n) is 8.67. The fraction of sp³-hybridized carbons (Fsp3) is 0.0435. The number of pyridine rings is 1. The van der Waals surface area contributed by atoms with Crippen molar-refractivity contribution < 1.29 is 9.53 Å². The zero-order chi connectivity index (χ0) is 19.5. The van der Waals surface area contributed by atoms with Gasteiger partial charge >= 0.3 is 5.97 Å². The van der Waals surface area contributed by atoms with Crippen molar-refractivity contribution >= 4 is 51.1 Å². The van der Waals surface area contributed by atoms with Crippen molar-refractivity contribution in [1.29, 1.82) is 0 Å². The number of fused-ring (bicyclic) bond motifs is 1. The first kappa shape index (κ1) is 18.9. The normalized spacial score (nSPS) is 10.8. The second-order valence-corrected chi connectivity index (χ2v) is 7.96. The molecule has 3 nitrogen and oxygen atoms in total. The molecular weight excluding hydrogens is 485 g/mol. The summed E-state index contributed by atoms with van der Waals surface area (Å²) in [4.78, 5) is 17.6. The average molecular weight is 500 g/mol. The van der Waals surface area contributed by atoms with E-state index in [1.54, 1.807) is 6.07 Å². The Balaban J connectivity index is 1.69. The van der Waals surface area contributed by atoms with Crippen LogP contribution in [0.5, 0.6) is 0 Å². The van der Waals surface area contributed by atoms with Gasteiger partial charge in [-0.1, -0.05) is 54.1 Å². The van der Waals surface area contributed by atoms with Gasteiger partial charge in [0.25, 0.3) is 0 Å². The zero-order valence-electron chi connectivity index (χ0n) is 14.7. The topological polar surface area (TPSA) is 39.2 Å². The van der Waals surface area contributed by atoms with Crippen LogP contribution in [0.15, 0.2) is 78.9 Å². The molecule has 0 N–H and O–H groups in total. The molecule has 5 heteroatoms. The van der Waals surface area contributed by atoms with Crippen LogP contribution in [0, 0.1) is 3.57 Å². The Labute approximate surface area is 181 Å².